The molecule has 0 saturated heterocycles. The largest absolute Gasteiger partial charge is 0.127 e. The molecule has 2 atom stereocenters. The van der Waals surface area contributed by atoms with E-state index >= 15 is 0 Å². The summed E-state index contributed by atoms with van der Waals surface area (Å²) >= 11 is 6.91. The number of alkyl halides is 1. The van der Waals surface area contributed by atoms with E-state index in [0.29, 0.717) is 5.00 Å². The second-order valence-electron chi connectivity index (χ2n) is 11.1. The van der Waals surface area contributed by atoms with Crippen molar-refractivity contribution < 1.29 is 0 Å². The van der Waals surface area contributed by atoms with E-state index in [1.807, 2.05) is 0 Å². The third-order valence-corrected chi connectivity index (χ3v) is 11.1. The first kappa shape index (κ1) is 32.5. The molecule has 0 aliphatic carbocycles. The number of halogens is 1. The number of hydrogen-bond acceptors (Lipinski definition) is 0. The summed E-state index contributed by atoms with van der Waals surface area (Å²) in [5.74, 6) is 0.806. The highest BCUT2D eigenvalue weighted by Crippen LogP contribution is 2.27. The lowest BCUT2D eigenvalue weighted by Gasteiger charge is -2.25. The van der Waals surface area contributed by atoms with Crippen molar-refractivity contribution >= 4 is 20.4 Å². The summed E-state index contributed by atoms with van der Waals surface area (Å²) in [4.78, 5) is 0. The van der Waals surface area contributed by atoms with Crippen LogP contribution < -0.4 is 0 Å². The maximum absolute atomic E-state index is 6.91. The zero-order valence-electron chi connectivity index (χ0n) is 23.1. The van der Waals surface area contributed by atoms with Crippen molar-refractivity contribution in [3.05, 3.63) is 0 Å². The van der Waals surface area contributed by atoms with Crippen LogP contribution in [0, 0.1) is 5.92 Å². The lowest BCUT2D eigenvalue weighted by molar-refractivity contribution is 0.418. The van der Waals surface area contributed by atoms with Gasteiger partial charge in [-0.3, -0.25) is 0 Å². The molecule has 0 heterocycles. The first-order chi connectivity index (χ1) is 15.6. The molecule has 0 aromatic heterocycles. The second-order valence-corrected chi connectivity index (χ2v) is 15.2. The molecular weight excluding hydrogens is 424 g/mol. The quantitative estimate of drug-likeness (QED) is 0.0647. The molecule has 0 aromatic carbocycles. The van der Waals surface area contributed by atoms with Gasteiger partial charge in [0.05, 0.1) is 8.80 Å². The highest BCUT2D eigenvalue weighted by atomic mass is 35.5. The molecule has 0 aromatic rings. The molecule has 194 valence electrons. The van der Waals surface area contributed by atoms with Gasteiger partial charge in [0, 0.05) is 5.00 Å². The lowest BCUT2D eigenvalue weighted by atomic mass is 9.95. The normalized spacial score (nSPS) is 13.7. The molecule has 0 aliphatic rings. The predicted molar refractivity (Wildman–Crippen MR) is 154 cm³/mol. The lowest BCUT2D eigenvalue weighted by Crippen LogP contribution is -2.28. The molecular formula is C30H63ClSi. The Morgan fingerprint density at radius 2 is 0.688 bits per heavy atom. The SMILES string of the molecule is CCCCCCCCCCCCCC[C@@H](CCCCCCCCCCCC)[C@@H](Cl)[SiH](C)C. The Hall–Kier alpha value is 0.507. The topological polar surface area (TPSA) is 0 Å². The minimum atomic E-state index is -0.730. The van der Waals surface area contributed by atoms with Gasteiger partial charge >= 0.3 is 0 Å². The van der Waals surface area contributed by atoms with Crippen LogP contribution in [0.25, 0.3) is 0 Å². The van der Waals surface area contributed by atoms with Gasteiger partial charge < -0.3 is 0 Å². The minimum Gasteiger partial charge on any atom is -0.127 e. The van der Waals surface area contributed by atoms with E-state index in [1.165, 1.54) is 154 Å². The molecule has 0 aliphatic heterocycles. The summed E-state index contributed by atoms with van der Waals surface area (Å²) in [5.41, 5.74) is 0. The molecule has 0 radical (unpaired) electrons. The van der Waals surface area contributed by atoms with Crippen molar-refractivity contribution in [1.29, 1.82) is 0 Å². The third-order valence-electron chi connectivity index (χ3n) is 7.44. The number of hydrogen-bond donors (Lipinski definition) is 0. The Morgan fingerprint density at radius 3 is 0.938 bits per heavy atom. The monoisotopic (exact) mass is 486 g/mol. The van der Waals surface area contributed by atoms with Gasteiger partial charge in [0.15, 0.2) is 0 Å². The smallest absolute Gasteiger partial charge is 0.0522 e. The Balaban J connectivity index is 3.69. The molecule has 0 saturated carbocycles. The van der Waals surface area contributed by atoms with Crippen molar-refractivity contribution in [2.45, 2.75) is 186 Å². The fourth-order valence-corrected chi connectivity index (χ4v) is 6.87. The number of rotatable bonds is 26. The van der Waals surface area contributed by atoms with Gasteiger partial charge in [-0.25, -0.2) is 0 Å². The van der Waals surface area contributed by atoms with Crippen molar-refractivity contribution in [3.8, 4) is 0 Å². The average molecular weight is 487 g/mol. The van der Waals surface area contributed by atoms with E-state index in [9.17, 15) is 0 Å². The van der Waals surface area contributed by atoms with E-state index < -0.39 is 8.80 Å². The van der Waals surface area contributed by atoms with Gasteiger partial charge in [-0.1, -0.05) is 168 Å². The summed E-state index contributed by atoms with van der Waals surface area (Å²) in [6.07, 6.45) is 34.5. The van der Waals surface area contributed by atoms with Crippen LogP contribution in [0.15, 0.2) is 0 Å². The Morgan fingerprint density at radius 1 is 0.438 bits per heavy atom. The fraction of sp³-hybridized carbons (Fsp3) is 1.00. The van der Waals surface area contributed by atoms with E-state index in [2.05, 4.69) is 26.9 Å². The van der Waals surface area contributed by atoms with Gasteiger partial charge in [0.25, 0.3) is 0 Å². The van der Waals surface area contributed by atoms with Crippen LogP contribution in [0.1, 0.15) is 168 Å². The molecule has 0 nitrogen and oxygen atoms in total. The van der Waals surface area contributed by atoms with E-state index in [-0.39, 0.29) is 0 Å². The average Bonchev–Trinajstić information content (AvgIpc) is 2.79. The van der Waals surface area contributed by atoms with Crippen molar-refractivity contribution in [1.82, 2.24) is 0 Å². The van der Waals surface area contributed by atoms with Gasteiger partial charge in [0.1, 0.15) is 0 Å². The maximum Gasteiger partial charge on any atom is 0.0522 e. The highest BCUT2D eigenvalue weighted by molar-refractivity contribution is 6.67. The minimum absolute atomic E-state index is 0.515. The highest BCUT2D eigenvalue weighted by Gasteiger charge is 2.22. The molecule has 0 amide bonds. The molecule has 0 fully saturated rings. The van der Waals surface area contributed by atoms with Crippen LogP contribution >= 0.6 is 11.6 Å². The summed E-state index contributed by atoms with van der Waals surface area (Å²) in [6.45, 7) is 9.51. The Labute approximate surface area is 212 Å². The van der Waals surface area contributed by atoms with Crippen LogP contribution in [0.4, 0.5) is 0 Å². The van der Waals surface area contributed by atoms with Crippen LogP contribution in [-0.2, 0) is 0 Å². The summed E-state index contributed by atoms with van der Waals surface area (Å²) in [7, 11) is -0.730. The van der Waals surface area contributed by atoms with Gasteiger partial charge in [-0.05, 0) is 18.8 Å². The zero-order chi connectivity index (χ0) is 23.7. The van der Waals surface area contributed by atoms with Crippen molar-refractivity contribution in [2.24, 2.45) is 5.92 Å². The summed E-state index contributed by atoms with van der Waals surface area (Å²) < 4.78 is 0. The summed E-state index contributed by atoms with van der Waals surface area (Å²) in [6, 6.07) is 0. The zero-order valence-corrected chi connectivity index (χ0v) is 25.0. The summed E-state index contributed by atoms with van der Waals surface area (Å²) in [5, 5.41) is 0.515. The molecule has 0 bridgehead atoms. The molecule has 0 rings (SSSR count). The Bertz CT molecular complexity index is 344. The van der Waals surface area contributed by atoms with Gasteiger partial charge in [0.2, 0.25) is 0 Å². The third kappa shape index (κ3) is 22.3. The maximum atomic E-state index is 6.91. The molecule has 0 spiro atoms. The van der Waals surface area contributed by atoms with Crippen LogP contribution in [-0.4, -0.2) is 13.8 Å². The molecule has 0 N–H and O–H groups in total. The first-order valence-electron chi connectivity index (χ1n) is 15.3. The first-order valence-corrected chi connectivity index (χ1v) is 18.7. The van der Waals surface area contributed by atoms with Gasteiger partial charge in [-0.2, -0.15) is 0 Å². The molecule has 2 heteroatoms. The Kier molecular flexibility index (Phi) is 26.5. The van der Waals surface area contributed by atoms with Crippen LogP contribution in [0.3, 0.4) is 0 Å². The van der Waals surface area contributed by atoms with Crippen LogP contribution in [0.5, 0.6) is 0 Å². The van der Waals surface area contributed by atoms with Crippen molar-refractivity contribution in [3.63, 3.8) is 0 Å². The molecule has 32 heavy (non-hydrogen) atoms. The van der Waals surface area contributed by atoms with E-state index in [0.717, 1.165) is 5.92 Å². The fourth-order valence-electron chi connectivity index (χ4n) is 5.15. The van der Waals surface area contributed by atoms with Gasteiger partial charge in [-0.15, -0.1) is 11.6 Å². The standard InChI is InChI=1S/C30H63ClSi/c1-5-7-9-11-13-15-17-18-20-22-24-26-28-29(30(31)32(3)4)27-25-23-21-19-16-14-12-10-8-6-2/h29-30,32H,5-28H2,1-4H3/t29-,30+/m1/s1. The van der Waals surface area contributed by atoms with Crippen LogP contribution in [0.2, 0.25) is 13.1 Å². The number of unbranched alkanes of at least 4 members (excludes halogenated alkanes) is 20. The second kappa shape index (κ2) is 26.1. The predicted octanol–water partition coefficient (Wildman–Crippen LogP) is 11.6. The van der Waals surface area contributed by atoms with Crippen molar-refractivity contribution in [2.75, 3.05) is 0 Å². The van der Waals surface area contributed by atoms with E-state index in [1.54, 1.807) is 0 Å². The molecule has 0 unspecified atom stereocenters. The van der Waals surface area contributed by atoms with E-state index in [4.69, 9.17) is 11.6 Å².